The van der Waals surface area contributed by atoms with E-state index in [2.05, 4.69) is 0 Å². The number of halogens is 1. The van der Waals surface area contributed by atoms with Gasteiger partial charge in [-0.15, -0.1) is 0 Å². The van der Waals surface area contributed by atoms with Crippen LogP contribution in [0.5, 0.6) is 0 Å². The Hall–Kier alpha value is -1.67. The van der Waals surface area contributed by atoms with Crippen LogP contribution in [0.15, 0.2) is 24.3 Å². The van der Waals surface area contributed by atoms with E-state index >= 15 is 0 Å². The zero-order chi connectivity index (χ0) is 17.0. The monoisotopic (exact) mass is 344 g/mol. The van der Waals surface area contributed by atoms with Crippen molar-refractivity contribution in [1.82, 2.24) is 4.90 Å². The average Bonchev–Trinajstić information content (AvgIpc) is 2.52. The van der Waals surface area contributed by atoms with Gasteiger partial charge in [0, 0.05) is 13.1 Å². The van der Waals surface area contributed by atoms with Gasteiger partial charge < -0.3 is 9.64 Å². The first-order chi connectivity index (χ1) is 10.9. The molecule has 0 N–H and O–H groups in total. The maximum Gasteiger partial charge on any atom is 0.246 e. The first-order valence-corrected chi connectivity index (χ1v) is 9.31. The number of carbonyl (C=O) groups is 1. The lowest BCUT2D eigenvalue weighted by molar-refractivity contribution is -0.136. The standard InChI is InChI=1S/C15H21FN2O4S/c1-3-13(15(19)17-8-10-22-11-9-17)18(23(2,20)21)14-7-5-4-6-12(14)16/h4-7,13H,3,8-11H2,1-2H3/t13-/m1/s1. The second-order valence-electron chi connectivity index (χ2n) is 5.37. The van der Waals surface area contributed by atoms with Gasteiger partial charge in [0.25, 0.3) is 0 Å². The zero-order valence-electron chi connectivity index (χ0n) is 13.2. The van der Waals surface area contributed by atoms with Crippen LogP contribution in [-0.2, 0) is 19.6 Å². The van der Waals surface area contributed by atoms with E-state index in [0.717, 1.165) is 10.6 Å². The van der Waals surface area contributed by atoms with Crippen molar-refractivity contribution in [2.24, 2.45) is 0 Å². The van der Waals surface area contributed by atoms with Crippen LogP contribution in [0.25, 0.3) is 0 Å². The summed E-state index contributed by atoms with van der Waals surface area (Å²) in [5.41, 5.74) is -0.108. The normalized spacial score (nSPS) is 16.9. The first-order valence-electron chi connectivity index (χ1n) is 7.46. The predicted molar refractivity (Wildman–Crippen MR) is 85.2 cm³/mol. The first kappa shape index (κ1) is 17.7. The molecule has 1 aliphatic rings. The minimum atomic E-state index is -3.82. The minimum Gasteiger partial charge on any atom is -0.378 e. The second kappa shape index (κ2) is 7.27. The third kappa shape index (κ3) is 4.00. The maximum atomic E-state index is 14.1. The highest BCUT2D eigenvalue weighted by Crippen LogP contribution is 2.26. The fraction of sp³-hybridized carbons (Fsp3) is 0.533. The van der Waals surface area contributed by atoms with E-state index in [9.17, 15) is 17.6 Å². The number of benzene rings is 1. The highest BCUT2D eigenvalue weighted by atomic mass is 32.2. The number of hydrogen-bond donors (Lipinski definition) is 0. The van der Waals surface area contributed by atoms with Crippen molar-refractivity contribution in [2.75, 3.05) is 36.9 Å². The molecule has 1 aromatic rings. The molecular weight excluding hydrogens is 323 g/mol. The van der Waals surface area contributed by atoms with Crippen molar-refractivity contribution >= 4 is 21.6 Å². The molecule has 1 atom stereocenters. The molecular formula is C15H21FN2O4S. The smallest absolute Gasteiger partial charge is 0.246 e. The molecule has 1 heterocycles. The Morgan fingerprint density at radius 2 is 1.96 bits per heavy atom. The fourth-order valence-electron chi connectivity index (χ4n) is 2.64. The van der Waals surface area contributed by atoms with Crippen molar-refractivity contribution in [3.63, 3.8) is 0 Å². The molecule has 0 unspecified atom stereocenters. The lowest BCUT2D eigenvalue weighted by Gasteiger charge is -2.35. The Morgan fingerprint density at radius 1 is 1.35 bits per heavy atom. The Balaban J connectivity index is 2.40. The SMILES string of the molecule is CC[C@H](C(=O)N1CCOCC1)N(c1ccccc1F)S(C)(=O)=O. The molecule has 23 heavy (non-hydrogen) atoms. The molecule has 2 rings (SSSR count). The third-order valence-corrected chi connectivity index (χ3v) is 4.89. The predicted octanol–water partition coefficient (Wildman–Crippen LogP) is 1.23. The molecule has 6 nitrogen and oxygen atoms in total. The number of morpholine rings is 1. The summed E-state index contributed by atoms with van der Waals surface area (Å²) in [4.78, 5) is 14.3. The molecule has 8 heteroatoms. The van der Waals surface area contributed by atoms with Gasteiger partial charge in [0.05, 0.1) is 25.2 Å². The van der Waals surface area contributed by atoms with Crippen LogP contribution in [0, 0.1) is 5.82 Å². The van der Waals surface area contributed by atoms with E-state index in [0.29, 0.717) is 26.3 Å². The van der Waals surface area contributed by atoms with Crippen molar-refractivity contribution in [3.8, 4) is 0 Å². The van der Waals surface area contributed by atoms with Crippen LogP contribution in [-0.4, -0.2) is 57.8 Å². The zero-order valence-corrected chi connectivity index (χ0v) is 14.1. The molecule has 1 amide bonds. The third-order valence-electron chi connectivity index (χ3n) is 3.72. The number of anilines is 1. The number of nitrogens with zero attached hydrogens (tertiary/aromatic N) is 2. The van der Waals surface area contributed by atoms with Gasteiger partial charge in [-0.2, -0.15) is 0 Å². The van der Waals surface area contributed by atoms with Gasteiger partial charge in [0.1, 0.15) is 11.9 Å². The van der Waals surface area contributed by atoms with Crippen LogP contribution in [0.4, 0.5) is 10.1 Å². The summed E-state index contributed by atoms with van der Waals surface area (Å²) >= 11 is 0. The van der Waals surface area contributed by atoms with Crippen molar-refractivity contribution in [3.05, 3.63) is 30.1 Å². The lowest BCUT2D eigenvalue weighted by Crippen LogP contribution is -2.53. The summed E-state index contributed by atoms with van der Waals surface area (Å²) in [7, 11) is -3.82. The molecule has 1 aliphatic heterocycles. The molecule has 128 valence electrons. The van der Waals surface area contributed by atoms with Gasteiger partial charge in [-0.1, -0.05) is 19.1 Å². The van der Waals surface area contributed by atoms with Crippen LogP contribution in [0.3, 0.4) is 0 Å². The van der Waals surface area contributed by atoms with Gasteiger partial charge >= 0.3 is 0 Å². The van der Waals surface area contributed by atoms with E-state index in [-0.39, 0.29) is 18.0 Å². The summed E-state index contributed by atoms with van der Waals surface area (Å²) in [6.45, 7) is 3.36. The van der Waals surface area contributed by atoms with Crippen LogP contribution in [0.2, 0.25) is 0 Å². The molecule has 0 radical (unpaired) electrons. The number of hydrogen-bond acceptors (Lipinski definition) is 4. The molecule has 0 aromatic heterocycles. The quantitative estimate of drug-likeness (QED) is 0.806. The van der Waals surface area contributed by atoms with Gasteiger partial charge in [0.15, 0.2) is 0 Å². The number of ether oxygens (including phenoxy) is 1. The van der Waals surface area contributed by atoms with Gasteiger partial charge in [-0.05, 0) is 18.6 Å². The number of para-hydroxylation sites is 1. The molecule has 0 bridgehead atoms. The molecule has 0 saturated carbocycles. The molecule has 1 saturated heterocycles. The van der Waals surface area contributed by atoms with Crippen molar-refractivity contribution < 1.29 is 22.3 Å². The van der Waals surface area contributed by atoms with Crippen LogP contribution in [0.1, 0.15) is 13.3 Å². The topological polar surface area (TPSA) is 66.9 Å². The highest BCUT2D eigenvalue weighted by molar-refractivity contribution is 7.92. The lowest BCUT2D eigenvalue weighted by atomic mass is 10.1. The summed E-state index contributed by atoms with van der Waals surface area (Å²) < 4.78 is 44.7. The second-order valence-corrected chi connectivity index (χ2v) is 7.23. The Bertz CT molecular complexity index is 659. The van der Waals surface area contributed by atoms with Crippen molar-refractivity contribution in [2.45, 2.75) is 19.4 Å². The molecule has 1 fully saturated rings. The van der Waals surface area contributed by atoms with Gasteiger partial charge in [-0.25, -0.2) is 12.8 Å². The van der Waals surface area contributed by atoms with Crippen molar-refractivity contribution in [1.29, 1.82) is 0 Å². The van der Waals surface area contributed by atoms with Gasteiger partial charge in [0.2, 0.25) is 15.9 Å². The van der Waals surface area contributed by atoms with E-state index in [4.69, 9.17) is 4.74 Å². The highest BCUT2D eigenvalue weighted by Gasteiger charge is 2.35. The molecule has 1 aromatic carbocycles. The van der Waals surface area contributed by atoms with Crippen LogP contribution < -0.4 is 4.31 Å². The molecule has 0 aliphatic carbocycles. The minimum absolute atomic E-state index is 0.108. The number of rotatable bonds is 5. The Kier molecular flexibility index (Phi) is 5.59. The summed E-state index contributed by atoms with van der Waals surface area (Å²) in [6, 6.07) is 4.59. The van der Waals surface area contributed by atoms with Gasteiger partial charge in [-0.3, -0.25) is 9.10 Å². The molecule has 0 spiro atoms. The number of carbonyl (C=O) groups excluding carboxylic acids is 1. The maximum absolute atomic E-state index is 14.1. The number of amides is 1. The van der Waals surface area contributed by atoms with E-state index < -0.39 is 21.9 Å². The van der Waals surface area contributed by atoms with Crippen LogP contribution >= 0.6 is 0 Å². The summed E-state index contributed by atoms with van der Waals surface area (Å²) in [6.07, 6.45) is 1.23. The van der Waals surface area contributed by atoms with E-state index in [1.54, 1.807) is 17.9 Å². The summed E-state index contributed by atoms with van der Waals surface area (Å²) in [5.74, 6) is -1.00. The Labute approximate surface area is 135 Å². The summed E-state index contributed by atoms with van der Waals surface area (Å²) in [5, 5.41) is 0. The largest absolute Gasteiger partial charge is 0.378 e. The number of sulfonamides is 1. The Morgan fingerprint density at radius 3 is 2.48 bits per heavy atom. The average molecular weight is 344 g/mol. The van der Waals surface area contributed by atoms with E-state index in [1.165, 1.54) is 18.2 Å². The van der Waals surface area contributed by atoms with E-state index in [1.807, 2.05) is 0 Å². The fourth-order valence-corrected chi connectivity index (χ4v) is 3.85.